The molecular formula is C19H22N2O3. The van der Waals surface area contributed by atoms with E-state index in [1.54, 1.807) is 24.5 Å². The Morgan fingerprint density at radius 3 is 2.54 bits per heavy atom. The normalized spacial score (nSPS) is 17.4. The molecule has 1 aromatic heterocycles. The van der Waals surface area contributed by atoms with Gasteiger partial charge >= 0.3 is 5.97 Å². The summed E-state index contributed by atoms with van der Waals surface area (Å²) in [6.45, 7) is 1.64. The van der Waals surface area contributed by atoms with Crippen LogP contribution in [0.4, 0.5) is 0 Å². The standard InChI is InChI=1S/C19H22N2O3/c1-24-19(23)18(16-3-2-10-20-13-16)21-11-8-15(9-12-21)14-4-6-17(22)7-5-14/h2-7,10,13,15,18,22H,8-9,11-12H2,1H3. The number of rotatable bonds is 4. The van der Waals surface area contributed by atoms with Crippen LogP contribution in [0.2, 0.25) is 0 Å². The van der Waals surface area contributed by atoms with Crippen LogP contribution in [0.1, 0.15) is 35.9 Å². The summed E-state index contributed by atoms with van der Waals surface area (Å²) >= 11 is 0. The first-order valence-corrected chi connectivity index (χ1v) is 8.20. The number of carbonyl (C=O) groups is 1. The lowest BCUT2D eigenvalue weighted by molar-refractivity contribution is -0.147. The second-order valence-corrected chi connectivity index (χ2v) is 6.11. The van der Waals surface area contributed by atoms with Crippen molar-refractivity contribution in [3.63, 3.8) is 0 Å². The highest BCUT2D eigenvalue weighted by Crippen LogP contribution is 2.33. The molecule has 1 aliphatic heterocycles. The minimum Gasteiger partial charge on any atom is -0.508 e. The monoisotopic (exact) mass is 326 g/mol. The van der Waals surface area contributed by atoms with Gasteiger partial charge in [-0.3, -0.25) is 9.88 Å². The van der Waals surface area contributed by atoms with Gasteiger partial charge < -0.3 is 9.84 Å². The van der Waals surface area contributed by atoms with E-state index in [0.29, 0.717) is 11.7 Å². The minimum atomic E-state index is -0.399. The first-order chi connectivity index (χ1) is 11.7. The van der Waals surface area contributed by atoms with Crippen molar-refractivity contribution in [3.05, 3.63) is 59.9 Å². The first-order valence-electron chi connectivity index (χ1n) is 8.20. The number of aromatic hydroxyl groups is 1. The summed E-state index contributed by atoms with van der Waals surface area (Å²) in [6.07, 6.45) is 5.37. The van der Waals surface area contributed by atoms with Crippen LogP contribution in [-0.2, 0) is 9.53 Å². The Hall–Kier alpha value is -2.40. The molecule has 0 aliphatic carbocycles. The van der Waals surface area contributed by atoms with Crippen LogP contribution in [0.3, 0.4) is 0 Å². The molecule has 0 saturated carbocycles. The number of piperidine rings is 1. The van der Waals surface area contributed by atoms with Gasteiger partial charge in [-0.1, -0.05) is 18.2 Å². The number of phenols is 1. The molecule has 2 heterocycles. The Balaban J connectivity index is 1.71. The Bertz CT molecular complexity index is 665. The number of nitrogens with zero attached hydrogens (tertiary/aromatic N) is 2. The number of aromatic nitrogens is 1. The molecule has 5 nitrogen and oxygen atoms in total. The number of pyridine rings is 1. The summed E-state index contributed by atoms with van der Waals surface area (Å²) in [5.41, 5.74) is 2.11. The highest BCUT2D eigenvalue weighted by Gasteiger charge is 2.32. The first kappa shape index (κ1) is 16.5. The molecule has 1 atom stereocenters. The van der Waals surface area contributed by atoms with Crippen LogP contribution in [0.15, 0.2) is 48.8 Å². The minimum absolute atomic E-state index is 0.244. The number of carbonyl (C=O) groups excluding carboxylic acids is 1. The van der Waals surface area contributed by atoms with E-state index < -0.39 is 6.04 Å². The van der Waals surface area contributed by atoms with E-state index in [1.165, 1.54) is 12.7 Å². The maximum atomic E-state index is 12.3. The molecule has 126 valence electrons. The zero-order valence-electron chi connectivity index (χ0n) is 13.8. The summed E-state index contributed by atoms with van der Waals surface area (Å²) in [5, 5.41) is 9.42. The third kappa shape index (κ3) is 3.57. The van der Waals surface area contributed by atoms with E-state index in [0.717, 1.165) is 31.5 Å². The van der Waals surface area contributed by atoms with Crippen molar-refractivity contribution in [2.24, 2.45) is 0 Å². The maximum absolute atomic E-state index is 12.3. The predicted octanol–water partition coefficient (Wildman–Crippen LogP) is 2.88. The smallest absolute Gasteiger partial charge is 0.327 e. The molecule has 0 amide bonds. The summed E-state index contributed by atoms with van der Waals surface area (Å²) in [7, 11) is 1.43. The Morgan fingerprint density at radius 1 is 1.25 bits per heavy atom. The lowest BCUT2D eigenvalue weighted by Crippen LogP contribution is -2.40. The molecule has 0 bridgehead atoms. The van der Waals surface area contributed by atoms with Crippen LogP contribution in [0.5, 0.6) is 5.75 Å². The van der Waals surface area contributed by atoms with Crippen molar-refractivity contribution in [2.75, 3.05) is 20.2 Å². The zero-order valence-corrected chi connectivity index (χ0v) is 13.8. The topological polar surface area (TPSA) is 62.7 Å². The van der Waals surface area contributed by atoms with Gasteiger partial charge in [0.25, 0.3) is 0 Å². The van der Waals surface area contributed by atoms with Gasteiger partial charge in [0.15, 0.2) is 0 Å². The van der Waals surface area contributed by atoms with Crippen molar-refractivity contribution in [2.45, 2.75) is 24.8 Å². The molecular weight excluding hydrogens is 304 g/mol. The fraction of sp³-hybridized carbons (Fsp3) is 0.368. The van der Waals surface area contributed by atoms with E-state index in [4.69, 9.17) is 4.74 Å². The van der Waals surface area contributed by atoms with Gasteiger partial charge in [-0.15, -0.1) is 0 Å². The molecule has 1 unspecified atom stereocenters. The number of hydrogen-bond donors (Lipinski definition) is 1. The molecule has 0 radical (unpaired) electrons. The fourth-order valence-electron chi connectivity index (χ4n) is 3.38. The lowest BCUT2D eigenvalue weighted by atomic mass is 9.88. The SMILES string of the molecule is COC(=O)C(c1cccnc1)N1CCC(c2ccc(O)cc2)CC1. The average Bonchev–Trinajstić information content (AvgIpc) is 2.64. The number of benzene rings is 1. The third-order valence-electron chi connectivity index (χ3n) is 4.68. The van der Waals surface area contributed by atoms with Gasteiger partial charge in [-0.05, 0) is 61.2 Å². The second-order valence-electron chi connectivity index (χ2n) is 6.11. The van der Waals surface area contributed by atoms with E-state index in [-0.39, 0.29) is 5.97 Å². The van der Waals surface area contributed by atoms with Crippen molar-refractivity contribution in [3.8, 4) is 5.75 Å². The maximum Gasteiger partial charge on any atom is 0.327 e. The third-order valence-corrected chi connectivity index (χ3v) is 4.68. The van der Waals surface area contributed by atoms with Crippen LogP contribution >= 0.6 is 0 Å². The van der Waals surface area contributed by atoms with E-state index in [9.17, 15) is 9.90 Å². The van der Waals surface area contributed by atoms with Crippen molar-refractivity contribution in [1.82, 2.24) is 9.88 Å². The molecule has 1 N–H and O–H groups in total. The Kier molecular flexibility index (Phi) is 5.11. The highest BCUT2D eigenvalue weighted by molar-refractivity contribution is 5.77. The molecule has 5 heteroatoms. The Labute approximate surface area is 141 Å². The number of phenolic OH excluding ortho intramolecular Hbond substituents is 1. The van der Waals surface area contributed by atoms with E-state index >= 15 is 0 Å². The molecule has 1 aromatic carbocycles. The fourth-order valence-corrected chi connectivity index (χ4v) is 3.38. The van der Waals surface area contributed by atoms with Gasteiger partial charge in [0.2, 0.25) is 0 Å². The summed E-state index contributed by atoms with van der Waals surface area (Å²) in [5.74, 6) is 0.499. The summed E-state index contributed by atoms with van der Waals surface area (Å²) < 4.78 is 5.01. The molecule has 1 saturated heterocycles. The zero-order chi connectivity index (χ0) is 16.9. The van der Waals surface area contributed by atoms with E-state index in [1.807, 2.05) is 24.3 Å². The summed E-state index contributed by atoms with van der Waals surface area (Å²) in [6, 6.07) is 10.8. The average molecular weight is 326 g/mol. The molecule has 3 rings (SSSR count). The second kappa shape index (κ2) is 7.45. The van der Waals surface area contributed by atoms with Crippen molar-refractivity contribution >= 4 is 5.97 Å². The molecule has 2 aromatic rings. The quantitative estimate of drug-likeness (QED) is 0.875. The Morgan fingerprint density at radius 2 is 1.96 bits per heavy atom. The molecule has 0 spiro atoms. The van der Waals surface area contributed by atoms with Crippen LogP contribution < -0.4 is 0 Å². The number of ether oxygens (including phenoxy) is 1. The summed E-state index contributed by atoms with van der Waals surface area (Å²) in [4.78, 5) is 18.6. The lowest BCUT2D eigenvalue weighted by Gasteiger charge is -2.36. The molecule has 1 fully saturated rings. The van der Waals surface area contributed by atoms with Crippen LogP contribution in [0, 0.1) is 0 Å². The highest BCUT2D eigenvalue weighted by atomic mass is 16.5. The number of esters is 1. The van der Waals surface area contributed by atoms with Gasteiger partial charge in [-0.25, -0.2) is 4.79 Å². The molecule has 1 aliphatic rings. The predicted molar refractivity (Wildman–Crippen MR) is 90.6 cm³/mol. The van der Waals surface area contributed by atoms with Crippen LogP contribution in [-0.4, -0.2) is 41.2 Å². The number of methoxy groups -OCH3 is 1. The van der Waals surface area contributed by atoms with Gasteiger partial charge in [-0.2, -0.15) is 0 Å². The van der Waals surface area contributed by atoms with Crippen molar-refractivity contribution in [1.29, 1.82) is 0 Å². The largest absolute Gasteiger partial charge is 0.508 e. The molecule has 24 heavy (non-hydrogen) atoms. The van der Waals surface area contributed by atoms with Gasteiger partial charge in [0.1, 0.15) is 11.8 Å². The van der Waals surface area contributed by atoms with Gasteiger partial charge in [0, 0.05) is 12.4 Å². The van der Waals surface area contributed by atoms with Crippen LogP contribution in [0.25, 0.3) is 0 Å². The van der Waals surface area contributed by atoms with Crippen molar-refractivity contribution < 1.29 is 14.6 Å². The van der Waals surface area contributed by atoms with Gasteiger partial charge in [0.05, 0.1) is 7.11 Å². The number of likely N-dealkylation sites (tertiary alicyclic amines) is 1. The number of hydrogen-bond acceptors (Lipinski definition) is 5. The van der Waals surface area contributed by atoms with E-state index in [2.05, 4.69) is 9.88 Å².